The smallest absolute Gasteiger partial charge is 0.258 e. The standard InChI is InChI=1S/C16H14Cl2N2O3/c17-11-6-7-13(18)14(8-11)20-15(21)9-19-16(22)10-23-12-4-2-1-3-5-12/h1-8H,9-10H2,(H,19,22)(H,20,21). The van der Waals surface area contributed by atoms with E-state index in [0.717, 1.165) is 0 Å². The van der Waals surface area contributed by atoms with Gasteiger partial charge in [0.1, 0.15) is 5.75 Å². The number of carbonyl (C=O) groups is 2. The van der Waals surface area contributed by atoms with E-state index in [2.05, 4.69) is 10.6 Å². The minimum atomic E-state index is -0.415. The SMILES string of the molecule is O=C(COc1ccccc1)NCC(=O)Nc1cc(Cl)ccc1Cl. The predicted molar refractivity (Wildman–Crippen MR) is 90.0 cm³/mol. The predicted octanol–water partition coefficient (Wildman–Crippen LogP) is 3.13. The molecule has 0 saturated heterocycles. The molecule has 0 fully saturated rings. The first kappa shape index (κ1) is 17.1. The van der Waals surface area contributed by atoms with Crippen LogP contribution in [0.1, 0.15) is 0 Å². The van der Waals surface area contributed by atoms with Gasteiger partial charge in [-0.1, -0.05) is 41.4 Å². The molecule has 0 saturated carbocycles. The van der Waals surface area contributed by atoms with Crippen LogP contribution in [0, 0.1) is 0 Å². The Bertz CT molecular complexity index is 693. The van der Waals surface area contributed by atoms with Gasteiger partial charge in [0.15, 0.2) is 6.61 Å². The molecule has 7 heteroatoms. The fourth-order valence-electron chi connectivity index (χ4n) is 1.68. The number of benzene rings is 2. The minimum absolute atomic E-state index is 0.171. The van der Waals surface area contributed by atoms with E-state index in [1.54, 1.807) is 36.4 Å². The van der Waals surface area contributed by atoms with Crippen molar-refractivity contribution in [1.29, 1.82) is 0 Å². The number of anilines is 1. The first-order chi connectivity index (χ1) is 11.0. The molecule has 23 heavy (non-hydrogen) atoms. The van der Waals surface area contributed by atoms with Gasteiger partial charge in [0, 0.05) is 5.02 Å². The summed E-state index contributed by atoms with van der Waals surface area (Å²) in [6.07, 6.45) is 0. The third-order valence-electron chi connectivity index (χ3n) is 2.76. The van der Waals surface area contributed by atoms with Crippen LogP contribution in [0.4, 0.5) is 5.69 Å². The summed E-state index contributed by atoms with van der Waals surface area (Å²) in [6, 6.07) is 13.6. The highest BCUT2D eigenvalue weighted by atomic mass is 35.5. The quantitative estimate of drug-likeness (QED) is 0.839. The van der Waals surface area contributed by atoms with Crippen LogP contribution in [0.15, 0.2) is 48.5 Å². The van der Waals surface area contributed by atoms with E-state index < -0.39 is 11.8 Å². The van der Waals surface area contributed by atoms with E-state index in [-0.39, 0.29) is 13.2 Å². The zero-order valence-corrected chi connectivity index (χ0v) is 13.5. The molecule has 2 amide bonds. The molecule has 0 aliphatic rings. The third kappa shape index (κ3) is 5.81. The third-order valence-corrected chi connectivity index (χ3v) is 3.33. The second-order valence-corrected chi connectivity index (χ2v) is 5.39. The fourth-order valence-corrected chi connectivity index (χ4v) is 2.02. The van der Waals surface area contributed by atoms with Crippen molar-refractivity contribution in [2.45, 2.75) is 0 Å². The first-order valence-electron chi connectivity index (χ1n) is 6.74. The largest absolute Gasteiger partial charge is 0.484 e. The lowest BCUT2D eigenvalue weighted by Crippen LogP contribution is -2.35. The number of carbonyl (C=O) groups excluding carboxylic acids is 2. The Morgan fingerprint density at radius 2 is 1.74 bits per heavy atom. The molecular weight excluding hydrogens is 339 g/mol. The maximum Gasteiger partial charge on any atom is 0.258 e. The lowest BCUT2D eigenvalue weighted by molar-refractivity contribution is -0.125. The van der Waals surface area contributed by atoms with Crippen LogP contribution in [0.25, 0.3) is 0 Å². The number of halogens is 2. The van der Waals surface area contributed by atoms with Gasteiger partial charge in [0.25, 0.3) is 5.91 Å². The van der Waals surface area contributed by atoms with Crippen molar-refractivity contribution in [2.75, 3.05) is 18.5 Å². The summed E-state index contributed by atoms with van der Waals surface area (Å²) in [5.74, 6) is -0.235. The summed E-state index contributed by atoms with van der Waals surface area (Å²) >= 11 is 11.8. The number of rotatable bonds is 6. The van der Waals surface area contributed by atoms with Crippen molar-refractivity contribution in [1.82, 2.24) is 5.32 Å². The molecule has 0 radical (unpaired) electrons. The number of hydrogen-bond donors (Lipinski definition) is 2. The first-order valence-corrected chi connectivity index (χ1v) is 7.49. The summed E-state index contributed by atoms with van der Waals surface area (Å²) in [5.41, 5.74) is 0.388. The van der Waals surface area contributed by atoms with Crippen molar-refractivity contribution in [3.63, 3.8) is 0 Å². The average Bonchev–Trinajstić information content (AvgIpc) is 2.55. The summed E-state index contributed by atoms with van der Waals surface area (Å²) in [5, 5.41) is 5.84. The molecule has 5 nitrogen and oxygen atoms in total. The van der Waals surface area contributed by atoms with Crippen molar-refractivity contribution in [3.8, 4) is 5.75 Å². The number of hydrogen-bond acceptors (Lipinski definition) is 3. The van der Waals surface area contributed by atoms with Gasteiger partial charge in [0.2, 0.25) is 5.91 Å². The van der Waals surface area contributed by atoms with Crippen molar-refractivity contribution in [2.24, 2.45) is 0 Å². The minimum Gasteiger partial charge on any atom is -0.484 e. The molecule has 0 atom stereocenters. The van der Waals surface area contributed by atoms with Gasteiger partial charge in [-0.25, -0.2) is 0 Å². The van der Waals surface area contributed by atoms with Crippen LogP contribution < -0.4 is 15.4 Å². The Morgan fingerprint density at radius 3 is 2.48 bits per heavy atom. The molecule has 2 N–H and O–H groups in total. The Morgan fingerprint density at radius 1 is 1.00 bits per heavy atom. The highest BCUT2D eigenvalue weighted by molar-refractivity contribution is 6.35. The molecule has 0 aromatic heterocycles. The molecule has 120 valence electrons. The summed E-state index contributed by atoms with van der Waals surface area (Å²) in [4.78, 5) is 23.4. The van der Waals surface area contributed by atoms with Crippen molar-refractivity contribution in [3.05, 3.63) is 58.6 Å². The topological polar surface area (TPSA) is 67.4 Å². The molecule has 0 bridgehead atoms. The average molecular weight is 353 g/mol. The van der Waals surface area contributed by atoms with Gasteiger partial charge in [-0.05, 0) is 30.3 Å². The van der Waals surface area contributed by atoms with Gasteiger partial charge in [-0.3, -0.25) is 9.59 Å². The van der Waals surface area contributed by atoms with E-state index in [9.17, 15) is 9.59 Å². The van der Waals surface area contributed by atoms with E-state index in [0.29, 0.717) is 21.5 Å². The van der Waals surface area contributed by atoms with E-state index in [1.807, 2.05) is 6.07 Å². The molecule has 0 aliphatic heterocycles. The van der Waals surface area contributed by atoms with Crippen LogP contribution in [0.3, 0.4) is 0 Å². The van der Waals surface area contributed by atoms with Crippen LogP contribution in [-0.4, -0.2) is 25.0 Å². The monoisotopic (exact) mass is 352 g/mol. The Hall–Kier alpha value is -2.24. The van der Waals surface area contributed by atoms with E-state index in [4.69, 9.17) is 27.9 Å². The van der Waals surface area contributed by atoms with Crippen LogP contribution in [0.5, 0.6) is 5.75 Å². The molecule has 0 aliphatic carbocycles. The zero-order valence-electron chi connectivity index (χ0n) is 12.0. The summed E-state index contributed by atoms with van der Waals surface area (Å²) < 4.78 is 5.27. The molecule has 2 rings (SSSR count). The molecular formula is C16H14Cl2N2O3. The number of amides is 2. The van der Waals surface area contributed by atoms with Gasteiger partial charge in [-0.2, -0.15) is 0 Å². The van der Waals surface area contributed by atoms with E-state index in [1.165, 1.54) is 6.07 Å². The van der Waals surface area contributed by atoms with Crippen molar-refractivity contribution >= 4 is 40.7 Å². The van der Waals surface area contributed by atoms with Crippen molar-refractivity contribution < 1.29 is 14.3 Å². The number of para-hydroxylation sites is 1. The summed E-state index contributed by atoms with van der Waals surface area (Å²) in [7, 11) is 0. The summed E-state index contributed by atoms with van der Waals surface area (Å²) in [6.45, 7) is -0.366. The molecule has 2 aromatic carbocycles. The normalized spacial score (nSPS) is 10.0. The second kappa shape index (κ2) is 8.41. The van der Waals surface area contributed by atoms with Crippen LogP contribution >= 0.6 is 23.2 Å². The van der Waals surface area contributed by atoms with Crippen LogP contribution in [0.2, 0.25) is 10.0 Å². The number of nitrogens with one attached hydrogen (secondary N) is 2. The highest BCUT2D eigenvalue weighted by Gasteiger charge is 2.09. The Kier molecular flexibility index (Phi) is 6.26. The maximum absolute atomic E-state index is 11.8. The Balaban J connectivity index is 1.75. The van der Waals surface area contributed by atoms with Gasteiger partial charge in [-0.15, -0.1) is 0 Å². The molecule has 0 unspecified atom stereocenters. The molecule has 0 spiro atoms. The molecule has 2 aromatic rings. The lowest BCUT2D eigenvalue weighted by Gasteiger charge is -2.09. The lowest BCUT2D eigenvalue weighted by atomic mass is 10.3. The number of ether oxygens (including phenoxy) is 1. The second-order valence-electron chi connectivity index (χ2n) is 4.55. The van der Waals surface area contributed by atoms with Gasteiger partial charge in [0.05, 0.1) is 17.3 Å². The van der Waals surface area contributed by atoms with E-state index >= 15 is 0 Å². The zero-order chi connectivity index (χ0) is 16.7. The highest BCUT2D eigenvalue weighted by Crippen LogP contribution is 2.25. The van der Waals surface area contributed by atoms with Gasteiger partial charge >= 0.3 is 0 Å². The Labute approximate surface area is 143 Å². The van der Waals surface area contributed by atoms with Crippen LogP contribution in [-0.2, 0) is 9.59 Å². The molecule has 0 heterocycles. The maximum atomic E-state index is 11.8. The van der Waals surface area contributed by atoms with Gasteiger partial charge < -0.3 is 15.4 Å². The fraction of sp³-hybridized carbons (Fsp3) is 0.125.